The van der Waals surface area contributed by atoms with Crippen molar-refractivity contribution < 1.29 is 4.74 Å². The first-order valence-electron chi connectivity index (χ1n) is 5.92. The Balaban J connectivity index is 2.07. The van der Waals surface area contributed by atoms with Crippen LogP contribution in [0.25, 0.3) is 0 Å². The van der Waals surface area contributed by atoms with E-state index >= 15 is 0 Å². The molecule has 0 aliphatic heterocycles. The number of methoxy groups -OCH3 is 1. The Morgan fingerprint density at radius 1 is 1.22 bits per heavy atom. The first-order valence-corrected chi connectivity index (χ1v) is 7.32. The van der Waals surface area contributed by atoms with E-state index in [-0.39, 0.29) is 0 Å². The molecule has 0 aromatic heterocycles. The van der Waals surface area contributed by atoms with Crippen LogP contribution in [0, 0.1) is 6.92 Å². The zero-order valence-electron chi connectivity index (χ0n) is 10.9. The van der Waals surface area contributed by atoms with E-state index in [1.807, 2.05) is 11.8 Å². The van der Waals surface area contributed by atoms with E-state index < -0.39 is 0 Å². The Morgan fingerprint density at radius 3 is 2.56 bits per heavy atom. The largest absolute Gasteiger partial charge is 0.383 e. The van der Waals surface area contributed by atoms with Gasteiger partial charge in [0.1, 0.15) is 0 Å². The van der Waals surface area contributed by atoms with Gasteiger partial charge in [-0.3, -0.25) is 0 Å². The molecule has 1 aromatic carbocycles. The highest BCUT2D eigenvalue weighted by Crippen LogP contribution is 2.17. The van der Waals surface area contributed by atoms with Gasteiger partial charge in [0, 0.05) is 30.8 Å². The minimum absolute atomic E-state index is 0.667. The lowest BCUT2D eigenvalue weighted by Crippen LogP contribution is -2.38. The Kier molecular flexibility index (Phi) is 7.80. The molecule has 0 amide bonds. The summed E-state index contributed by atoms with van der Waals surface area (Å²) in [5.41, 5.74) is 1.29. The number of thioether (sulfide) groups is 1. The maximum absolute atomic E-state index is 5.13. The van der Waals surface area contributed by atoms with E-state index in [4.69, 9.17) is 17.0 Å². The average Bonchev–Trinajstić information content (AvgIpc) is 2.37. The summed E-state index contributed by atoms with van der Waals surface area (Å²) in [4.78, 5) is 1.29. The van der Waals surface area contributed by atoms with E-state index in [9.17, 15) is 0 Å². The number of thiocarbonyl (C=S) groups is 1. The van der Waals surface area contributed by atoms with Crippen molar-refractivity contribution in [3.8, 4) is 0 Å². The van der Waals surface area contributed by atoms with E-state index in [2.05, 4.69) is 41.8 Å². The molecule has 3 nitrogen and oxygen atoms in total. The summed E-state index contributed by atoms with van der Waals surface area (Å²) in [7, 11) is 1.68. The topological polar surface area (TPSA) is 33.3 Å². The monoisotopic (exact) mass is 284 g/mol. The van der Waals surface area contributed by atoms with Crippen LogP contribution in [0.3, 0.4) is 0 Å². The number of ether oxygens (including phenoxy) is 1. The molecular formula is C13H20N2OS2. The predicted octanol–water partition coefficient (Wildman–Crippen LogP) is 2.20. The van der Waals surface area contributed by atoms with Crippen LogP contribution in [-0.2, 0) is 4.74 Å². The number of hydrogen-bond acceptors (Lipinski definition) is 3. The Bertz CT molecular complexity index is 355. The number of hydrogen-bond donors (Lipinski definition) is 2. The third-order valence-electron chi connectivity index (χ3n) is 2.27. The molecule has 0 unspecified atom stereocenters. The average molecular weight is 284 g/mol. The van der Waals surface area contributed by atoms with E-state index in [1.54, 1.807) is 7.11 Å². The summed E-state index contributed by atoms with van der Waals surface area (Å²) in [6.07, 6.45) is 0. The van der Waals surface area contributed by atoms with Crippen molar-refractivity contribution in [2.45, 2.75) is 11.8 Å². The first kappa shape index (κ1) is 15.3. The lowest BCUT2D eigenvalue weighted by Gasteiger charge is -2.09. The van der Waals surface area contributed by atoms with Crippen LogP contribution in [0.5, 0.6) is 0 Å². The van der Waals surface area contributed by atoms with Crippen molar-refractivity contribution in [2.24, 2.45) is 0 Å². The predicted molar refractivity (Wildman–Crippen MR) is 82.4 cm³/mol. The zero-order chi connectivity index (χ0) is 13.2. The van der Waals surface area contributed by atoms with Gasteiger partial charge in [0.05, 0.1) is 6.61 Å². The Morgan fingerprint density at radius 2 is 1.89 bits per heavy atom. The SMILES string of the molecule is COCCNC(=S)NCCSc1ccc(C)cc1. The standard InChI is InChI=1S/C13H20N2OS2/c1-11-3-5-12(6-4-11)18-10-8-15-13(17)14-7-9-16-2/h3-6H,7-10H2,1-2H3,(H2,14,15,17). The molecule has 0 radical (unpaired) electrons. The molecule has 0 aliphatic rings. The fourth-order valence-electron chi connectivity index (χ4n) is 1.30. The summed E-state index contributed by atoms with van der Waals surface area (Å²) in [5, 5.41) is 6.93. The van der Waals surface area contributed by atoms with Gasteiger partial charge >= 0.3 is 0 Å². The molecule has 18 heavy (non-hydrogen) atoms. The van der Waals surface area contributed by atoms with Gasteiger partial charge in [-0.15, -0.1) is 11.8 Å². The molecular weight excluding hydrogens is 264 g/mol. The van der Waals surface area contributed by atoms with Crippen molar-refractivity contribution in [3.05, 3.63) is 29.8 Å². The minimum Gasteiger partial charge on any atom is -0.383 e. The van der Waals surface area contributed by atoms with Crippen molar-refractivity contribution in [1.82, 2.24) is 10.6 Å². The van der Waals surface area contributed by atoms with E-state index in [1.165, 1.54) is 10.5 Å². The number of benzene rings is 1. The van der Waals surface area contributed by atoms with E-state index in [0.717, 1.165) is 18.8 Å². The fraction of sp³-hybridized carbons (Fsp3) is 0.462. The van der Waals surface area contributed by atoms with Crippen molar-refractivity contribution >= 4 is 29.1 Å². The molecule has 0 bridgehead atoms. The molecule has 0 heterocycles. The highest BCUT2D eigenvalue weighted by molar-refractivity contribution is 7.99. The lowest BCUT2D eigenvalue weighted by atomic mass is 10.2. The van der Waals surface area contributed by atoms with E-state index in [0.29, 0.717) is 11.7 Å². The van der Waals surface area contributed by atoms with Gasteiger partial charge in [0.15, 0.2) is 5.11 Å². The molecule has 0 atom stereocenters. The molecule has 2 N–H and O–H groups in total. The van der Waals surface area contributed by atoms with Gasteiger partial charge in [-0.25, -0.2) is 0 Å². The van der Waals surface area contributed by atoms with Crippen LogP contribution in [0.1, 0.15) is 5.56 Å². The molecule has 0 aliphatic carbocycles. The number of aryl methyl sites for hydroxylation is 1. The summed E-state index contributed by atoms with van der Waals surface area (Å²) in [5.74, 6) is 0.995. The number of nitrogens with one attached hydrogen (secondary N) is 2. The smallest absolute Gasteiger partial charge is 0.166 e. The lowest BCUT2D eigenvalue weighted by molar-refractivity contribution is 0.204. The Labute approximate surface area is 119 Å². The van der Waals surface area contributed by atoms with Gasteiger partial charge < -0.3 is 15.4 Å². The van der Waals surface area contributed by atoms with Crippen molar-refractivity contribution in [1.29, 1.82) is 0 Å². The van der Waals surface area contributed by atoms with Crippen LogP contribution in [0.2, 0.25) is 0 Å². The van der Waals surface area contributed by atoms with Crippen LogP contribution in [0.15, 0.2) is 29.2 Å². The molecule has 0 spiro atoms. The second-order valence-electron chi connectivity index (χ2n) is 3.84. The highest BCUT2D eigenvalue weighted by atomic mass is 32.2. The zero-order valence-corrected chi connectivity index (χ0v) is 12.5. The van der Waals surface area contributed by atoms with Crippen LogP contribution in [-0.4, -0.2) is 37.7 Å². The van der Waals surface area contributed by atoms with Gasteiger partial charge in [-0.1, -0.05) is 17.7 Å². The molecule has 1 aromatic rings. The molecule has 100 valence electrons. The van der Waals surface area contributed by atoms with Crippen molar-refractivity contribution in [3.63, 3.8) is 0 Å². The molecule has 0 fully saturated rings. The maximum atomic E-state index is 5.13. The third-order valence-corrected chi connectivity index (χ3v) is 3.57. The van der Waals surface area contributed by atoms with Gasteiger partial charge in [0.2, 0.25) is 0 Å². The second kappa shape index (κ2) is 9.19. The van der Waals surface area contributed by atoms with Gasteiger partial charge in [-0.05, 0) is 31.3 Å². The quantitative estimate of drug-likeness (QED) is 0.456. The highest BCUT2D eigenvalue weighted by Gasteiger charge is 1.96. The second-order valence-corrected chi connectivity index (χ2v) is 5.41. The Hall–Kier alpha value is -0.780. The molecule has 0 saturated heterocycles. The summed E-state index contributed by atoms with van der Waals surface area (Å²) in [6.45, 7) is 4.37. The van der Waals surface area contributed by atoms with Crippen LogP contribution in [0.4, 0.5) is 0 Å². The number of rotatable bonds is 7. The summed E-state index contributed by atoms with van der Waals surface area (Å²) >= 11 is 6.95. The third kappa shape index (κ3) is 6.83. The molecule has 1 rings (SSSR count). The maximum Gasteiger partial charge on any atom is 0.166 e. The first-order chi connectivity index (χ1) is 8.72. The van der Waals surface area contributed by atoms with Crippen LogP contribution < -0.4 is 10.6 Å². The van der Waals surface area contributed by atoms with Crippen LogP contribution >= 0.6 is 24.0 Å². The molecule has 0 saturated carbocycles. The normalized spacial score (nSPS) is 10.1. The summed E-state index contributed by atoms with van der Waals surface area (Å²) < 4.78 is 4.93. The summed E-state index contributed by atoms with van der Waals surface area (Å²) in [6, 6.07) is 8.56. The van der Waals surface area contributed by atoms with Crippen molar-refractivity contribution in [2.75, 3.05) is 32.6 Å². The minimum atomic E-state index is 0.667. The fourth-order valence-corrected chi connectivity index (χ4v) is 2.27. The van der Waals surface area contributed by atoms with Gasteiger partial charge in [0.25, 0.3) is 0 Å². The molecule has 5 heteroatoms. The van der Waals surface area contributed by atoms with Gasteiger partial charge in [-0.2, -0.15) is 0 Å².